The summed E-state index contributed by atoms with van der Waals surface area (Å²) in [5.41, 5.74) is 3.25. The van der Waals surface area contributed by atoms with Crippen molar-refractivity contribution in [3.05, 3.63) is 76.5 Å². The molecule has 5 heteroatoms. The van der Waals surface area contributed by atoms with Gasteiger partial charge in [-0.3, -0.25) is 9.59 Å². The molecular weight excluding hydrogens is 342 g/mol. The highest BCUT2D eigenvalue weighted by molar-refractivity contribution is 6.03. The van der Waals surface area contributed by atoms with Gasteiger partial charge < -0.3 is 10.1 Å². The lowest BCUT2D eigenvalue weighted by molar-refractivity contribution is -0.142. The van der Waals surface area contributed by atoms with Gasteiger partial charge in [-0.2, -0.15) is 0 Å². The van der Waals surface area contributed by atoms with E-state index >= 15 is 0 Å². The van der Waals surface area contributed by atoms with Crippen molar-refractivity contribution in [1.29, 1.82) is 0 Å². The molecule has 1 amide bonds. The molecule has 1 atom stereocenters. The van der Waals surface area contributed by atoms with Crippen LogP contribution in [0.25, 0.3) is 6.08 Å². The molecule has 140 valence electrons. The minimum absolute atomic E-state index is 0.0200. The predicted octanol–water partition coefficient (Wildman–Crippen LogP) is 3.60. The van der Waals surface area contributed by atoms with E-state index in [-0.39, 0.29) is 11.5 Å². The monoisotopic (exact) mass is 365 g/mol. The Labute approximate surface area is 159 Å². The number of amides is 1. The molecule has 0 fully saturated rings. The van der Waals surface area contributed by atoms with Crippen LogP contribution in [0.15, 0.2) is 54.2 Å². The summed E-state index contributed by atoms with van der Waals surface area (Å²) in [6, 6.07) is 14.4. The zero-order valence-electron chi connectivity index (χ0n) is 15.9. The van der Waals surface area contributed by atoms with E-state index < -0.39 is 18.0 Å². The summed E-state index contributed by atoms with van der Waals surface area (Å²) in [6.07, 6.45) is 0.532. The van der Waals surface area contributed by atoms with E-state index in [0.29, 0.717) is 5.56 Å². The number of carbonyl (C=O) groups excluding carboxylic acids is 3. The second-order valence-electron chi connectivity index (χ2n) is 6.36. The Hall–Kier alpha value is -3.21. The molecule has 27 heavy (non-hydrogen) atoms. The molecule has 2 aromatic carbocycles. The molecule has 0 radical (unpaired) electrons. The second kappa shape index (κ2) is 8.94. The van der Waals surface area contributed by atoms with Crippen molar-refractivity contribution in [2.75, 3.05) is 0 Å². The number of nitrogens with one attached hydrogen (secondary N) is 1. The van der Waals surface area contributed by atoms with Gasteiger partial charge in [0, 0.05) is 12.5 Å². The number of aryl methyl sites for hydroxylation is 2. The molecule has 0 bridgehead atoms. The zero-order valence-corrected chi connectivity index (χ0v) is 15.9. The molecule has 0 aliphatic rings. The van der Waals surface area contributed by atoms with Gasteiger partial charge in [0.2, 0.25) is 11.7 Å². The van der Waals surface area contributed by atoms with Crippen molar-refractivity contribution in [3.8, 4) is 0 Å². The average molecular weight is 365 g/mol. The van der Waals surface area contributed by atoms with Gasteiger partial charge in [-0.05, 0) is 49.6 Å². The molecule has 2 rings (SSSR count). The van der Waals surface area contributed by atoms with E-state index in [1.54, 1.807) is 24.3 Å². The zero-order chi connectivity index (χ0) is 20.0. The summed E-state index contributed by atoms with van der Waals surface area (Å²) in [5, 5.41) is 2.47. The molecule has 0 heterocycles. The van der Waals surface area contributed by atoms with Gasteiger partial charge in [0.05, 0.1) is 0 Å². The summed E-state index contributed by atoms with van der Waals surface area (Å²) in [5.74, 6) is -1.46. The molecule has 5 nitrogen and oxygen atoms in total. The van der Waals surface area contributed by atoms with Crippen molar-refractivity contribution in [2.24, 2.45) is 0 Å². The Bertz CT molecular complexity index is 884. The van der Waals surface area contributed by atoms with E-state index in [1.165, 1.54) is 19.9 Å². The normalized spacial score (nSPS) is 12.2. The number of hydrogen-bond acceptors (Lipinski definition) is 4. The van der Waals surface area contributed by atoms with Crippen LogP contribution in [0, 0.1) is 13.8 Å². The number of rotatable bonds is 6. The van der Waals surface area contributed by atoms with Gasteiger partial charge in [-0.1, -0.05) is 42.5 Å². The van der Waals surface area contributed by atoms with Crippen molar-refractivity contribution in [2.45, 2.75) is 33.8 Å². The molecule has 0 saturated carbocycles. The van der Waals surface area contributed by atoms with Gasteiger partial charge in [-0.25, -0.2) is 4.79 Å². The lowest BCUT2D eigenvalue weighted by atomic mass is 10.0. The Morgan fingerprint density at radius 1 is 1.00 bits per heavy atom. The highest BCUT2D eigenvalue weighted by Crippen LogP contribution is 2.14. The third-order valence-electron chi connectivity index (χ3n) is 4.09. The Balaban J connectivity index is 2.18. The minimum atomic E-state index is -0.979. The van der Waals surface area contributed by atoms with E-state index in [9.17, 15) is 14.4 Å². The van der Waals surface area contributed by atoms with Crippen LogP contribution < -0.4 is 5.32 Å². The molecule has 0 aliphatic heterocycles. The SMILES string of the molecule is CC(=O)N/C(=C\c1ccccc1)C(=O)O[C@@H](C)C(=O)c1ccc(C)c(C)c1. The van der Waals surface area contributed by atoms with Crippen LogP contribution in [0.1, 0.15) is 40.9 Å². The molecule has 0 aromatic heterocycles. The predicted molar refractivity (Wildman–Crippen MR) is 104 cm³/mol. The van der Waals surface area contributed by atoms with Crippen LogP contribution in [0.3, 0.4) is 0 Å². The second-order valence-corrected chi connectivity index (χ2v) is 6.36. The maximum atomic E-state index is 12.6. The third kappa shape index (κ3) is 5.64. The Kier molecular flexibility index (Phi) is 6.66. The van der Waals surface area contributed by atoms with Crippen LogP contribution in [0.4, 0.5) is 0 Å². The number of hydrogen-bond donors (Lipinski definition) is 1. The first-order chi connectivity index (χ1) is 12.8. The smallest absolute Gasteiger partial charge is 0.355 e. The highest BCUT2D eigenvalue weighted by Gasteiger charge is 2.22. The van der Waals surface area contributed by atoms with Crippen LogP contribution in [-0.2, 0) is 14.3 Å². The lowest BCUT2D eigenvalue weighted by Gasteiger charge is -2.15. The lowest BCUT2D eigenvalue weighted by Crippen LogP contribution is -2.31. The van der Waals surface area contributed by atoms with Crippen LogP contribution in [0.2, 0.25) is 0 Å². The van der Waals surface area contributed by atoms with Gasteiger partial charge in [0.15, 0.2) is 6.10 Å². The number of carbonyl (C=O) groups is 3. The number of ketones is 1. The Morgan fingerprint density at radius 2 is 1.67 bits per heavy atom. The molecule has 0 unspecified atom stereocenters. The summed E-state index contributed by atoms with van der Waals surface area (Å²) in [4.78, 5) is 36.5. The number of Topliss-reactive ketones (excluding diaryl/α,β-unsaturated/α-hetero) is 1. The number of esters is 1. The van der Waals surface area contributed by atoms with Crippen molar-refractivity contribution in [3.63, 3.8) is 0 Å². The van der Waals surface area contributed by atoms with Crippen molar-refractivity contribution >= 4 is 23.7 Å². The molecule has 1 N–H and O–H groups in total. The van der Waals surface area contributed by atoms with E-state index in [1.807, 2.05) is 38.1 Å². The molecule has 0 saturated heterocycles. The first kappa shape index (κ1) is 20.1. The first-order valence-corrected chi connectivity index (χ1v) is 8.64. The van der Waals surface area contributed by atoms with Crippen molar-refractivity contribution in [1.82, 2.24) is 5.32 Å². The van der Waals surface area contributed by atoms with E-state index in [0.717, 1.165) is 16.7 Å². The van der Waals surface area contributed by atoms with Crippen LogP contribution >= 0.6 is 0 Å². The molecule has 0 spiro atoms. The van der Waals surface area contributed by atoms with Gasteiger partial charge in [-0.15, -0.1) is 0 Å². The minimum Gasteiger partial charge on any atom is -0.450 e. The summed E-state index contributed by atoms with van der Waals surface area (Å²) in [6.45, 7) is 6.69. The molecule has 0 aliphatic carbocycles. The highest BCUT2D eigenvalue weighted by atomic mass is 16.5. The van der Waals surface area contributed by atoms with E-state index in [2.05, 4.69) is 5.32 Å². The third-order valence-corrected chi connectivity index (χ3v) is 4.09. The maximum absolute atomic E-state index is 12.6. The first-order valence-electron chi connectivity index (χ1n) is 8.64. The number of ether oxygens (including phenoxy) is 1. The molecular formula is C22H23NO4. The number of benzene rings is 2. The topological polar surface area (TPSA) is 72.5 Å². The van der Waals surface area contributed by atoms with Crippen molar-refractivity contribution < 1.29 is 19.1 Å². The molecule has 2 aromatic rings. The largest absolute Gasteiger partial charge is 0.450 e. The van der Waals surface area contributed by atoms with Crippen LogP contribution in [0.5, 0.6) is 0 Å². The fourth-order valence-electron chi connectivity index (χ4n) is 2.46. The fourth-order valence-corrected chi connectivity index (χ4v) is 2.46. The fraction of sp³-hybridized carbons (Fsp3) is 0.227. The van der Waals surface area contributed by atoms with Gasteiger partial charge >= 0.3 is 5.97 Å². The van der Waals surface area contributed by atoms with E-state index in [4.69, 9.17) is 4.74 Å². The van der Waals surface area contributed by atoms with Gasteiger partial charge in [0.25, 0.3) is 0 Å². The van der Waals surface area contributed by atoms with Crippen LogP contribution in [-0.4, -0.2) is 23.8 Å². The van der Waals surface area contributed by atoms with Gasteiger partial charge in [0.1, 0.15) is 5.70 Å². The quantitative estimate of drug-likeness (QED) is 0.482. The maximum Gasteiger partial charge on any atom is 0.355 e. The Morgan fingerprint density at radius 3 is 2.26 bits per heavy atom. The standard InChI is InChI=1S/C22H23NO4/c1-14-10-11-19(12-15(14)2)21(25)16(3)27-22(26)20(23-17(4)24)13-18-8-6-5-7-9-18/h5-13,16H,1-4H3,(H,23,24)/b20-13-/t16-/m0/s1. The average Bonchev–Trinajstić information content (AvgIpc) is 2.63. The summed E-state index contributed by atoms with van der Waals surface area (Å²) in [7, 11) is 0. The summed E-state index contributed by atoms with van der Waals surface area (Å²) >= 11 is 0. The summed E-state index contributed by atoms with van der Waals surface area (Å²) < 4.78 is 5.30.